The van der Waals surface area contributed by atoms with Crippen molar-refractivity contribution in [3.05, 3.63) is 53.7 Å². The van der Waals surface area contributed by atoms with Crippen molar-refractivity contribution >= 4 is 5.91 Å². The van der Waals surface area contributed by atoms with Gasteiger partial charge in [-0.25, -0.2) is 0 Å². The highest BCUT2D eigenvalue weighted by Crippen LogP contribution is 2.32. The molecule has 0 radical (unpaired) electrons. The number of rotatable bonds is 7. The number of carbonyl (C=O) groups excluding carboxylic acids is 1. The number of methoxy groups -OCH3 is 1. The molecule has 0 aromatic carbocycles. The molecule has 1 aliphatic rings. The van der Waals surface area contributed by atoms with Gasteiger partial charge in [0.05, 0.1) is 6.10 Å². The van der Waals surface area contributed by atoms with Gasteiger partial charge in [-0.05, 0) is 55.0 Å². The molecule has 2 aromatic heterocycles. The molecule has 3 rings (SSSR count). The Bertz CT molecular complexity index is 665. The highest BCUT2D eigenvalue weighted by molar-refractivity contribution is 5.91. The van der Waals surface area contributed by atoms with Crippen LogP contribution in [0.5, 0.6) is 0 Å². The van der Waals surface area contributed by atoms with E-state index in [1.165, 1.54) is 0 Å². The van der Waals surface area contributed by atoms with Crippen molar-refractivity contribution in [1.82, 2.24) is 10.3 Å². The fourth-order valence-corrected chi connectivity index (χ4v) is 3.03. The molecule has 0 saturated heterocycles. The summed E-state index contributed by atoms with van der Waals surface area (Å²) in [6.45, 7) is 0.336. The minimum atomic E-state index is -0.260. The van der Waals surface area contributed by atoms with E-state index in [0.717, 1.165) is 5.56 Å². The lowest BCUT2D eigenvalue weighted by Crippen LogP contribution is -2.48. The lowest BCUT2D eigenvalue weighted by atomic mass is 9.75. The van der Waals surface area contributed by atoms with Crippen molar-refractivity contribution in [3.8, 4) is 0 Å². The molecule has 24 heavy (non-hydrogen) atoms. The third-order valence-electron chi connectivity index (χ3n) is 4.41. The molecule has 0 bridgehead atoms. The lowest BCUT2D eigenvalue weighted by molar-refractivity contribution is 0.0236. The average Bonchev–Trinajstić information content (AvgIpc) is 3.01. The molecule has 1 amide bonds. The van der Waals surface area contributed by atoms with E-state index >= 15 is 0 Å². The first kappa shape index (κ1) is 16.7. The number of hydrogen-bond acceptors (Lipinski definition) is 5. The van der Waals surface area contributed by atoms with Gasteiger partial charge in [0, 0.05) is 25.5 Å². The minimum absolute atomic E-state index is 0.0423. The van der Waals surface area contributed by atoms with Crippen molar-refractivity contribution in [3.63, 3.8) is 0 Å². The fraction of sp³-hybridized carbons (Fsp3) is 0.444. The number of furan rings is 1. The van der Waals surface area contributed by atoms with E-state index < -0.39 is 0 Å². The van der Waals surface area contributed by atoms with E-state index in [-0.39, 0.29) is 29.7 Å². The minimum Gasteiger partial charge on any atom is -0.453 e. The van der Waals surface area contributed by atoms with Gasteiger partial charge in [-0.1, -0.05) is 0 Å². The van der Waals surface area contributed by atoms with Gasteiger partial charge in [0.25, 0.3) is 5.91 Å². The molecule has 0 unspecified atom stereocenters. The van der Waals surface area contributed by atoms with Crippen molar-refractivity contribution in [2.75, 3.05) is 7.11 Å². The monoisotopic (exact) mass is 330 g/mol. The van der Waals surface area contributed by atoms with Crippen molar-refractivity contribution in [2.24, 2.45) is 5.92 Å². The second-order valence-electron chi connectivity index (χ2n) is 6.22. The standard InChI is InChI=1S/C18H22N2O4/c1-23-11-15-2-3-17(24-15)18(22)20-16(13-9-14(21)10-13)8-12-4-6-19-7-5-12/h2-7,13-14,16,21H,8-11H2,1H3,(H,20,22)/t13?,14?,16-/m0/s1. The lowest BCUT2D eigenvalue weighted by Gasteiger charge is -2.38. The first-order valence-electron chi connectivity index (χ1n) is 8.11. The summed E-state index contributed by atoms with van der Waals surface area (Å²) in [6, 6.07) is 7.24. The molecule has 1 atom stereocenters. The SMILES string of the molecule is COCc1ccc(C(=O)N[C@@H](Cc2ccncc2)C2CC(O)C2)o1. The predicted molar refractivity (Wildman–Crippen MR) is 87.3 cm³/mol. The van der Waals surface area contributed by atoms with Crippen LogP contribution < -0.4 is 5.32 Å². The number of carbonyl (C=O) groups is 1. The third kappa shape index (κ3) is 4.01. The number of ether oxygens (including phenoxy) is 1. The van der Waals surface area contributed by atoms with Crippen LogP contribution in [0.3, 0.4) is 0 Å². The topological polar surface area (TPSA) is 84.6 Å². The van der Waals surface area contributed by atoms with Gasteiger partial charge < -0.3 is 19.6 Å². The Labute approximate surface area is 140 Å². The van der Waals surface area contributed by atoms with Crippen molar-refractivity contribution in [1.29, 1.82) is 0 Å². The molecule has 2 heterocycles. The van der Waals surface area contributed by atoms with E-state index in [4.69, 9.17) is 9.15 Å². The molecule has 6 nitrogen and oxygen atoms in total. The molecule has 1 aliphatic carbocycles. The molecule has 2 N–H and O–H groups in total. The van der Waals surface area contributed by atoms with Gasteiger partial charge in [-0.2, -0.15) is 0 Å². The van der Waals surface area contributed by atoms with Crippen molar-refractivity contribution in [2.45, 2.75) is 38.0 Å². The van der Waals surface area contributed by atoms with E-state index in [1.807, 2.05) is 12.1 Å². The second-order valence-corrected chi connectivity index (χ2v) is 6.22. The maximum atomic E-state index is 12.5. The smallest absolute Gasteiger partial charge is 0.287 e. The average molecular weight is 330 g/mol. The summed E-state index contributed by atoms with van der Waals surface area (Å²) in [5, 5.41) is 12.6. The van der Waals surface area contributed by atoms with Gasteiger partial charge in [0.1, 0.15) is 12.4 Å². The zero-order chi connectivity index (χ0) is 16.9. The Hall–Kier alpha value is -2.18. The normalized spacial score (nSPS) is 21.1. The first-order valence-corrected chi connectivity index (χ1v) is 8.11. The van der Waals surface area contributed by atoms with Crippen LogP contribution >= 0.6 is 0 Å². The van der Waals surface area contributed by atoms with Gasteiger partial charge in [0.15, 0.2) is 5.76 Å². The number of nitrogens with zero attached hydrogens (tertiary/aromatic N) is 1. The number of hydrogen-bond donors (Lipinski definition) is 2. The van der Waals surface area contributed by atoms with Gasteiger partial charge in [-0.15, -0.1) is 0 Å². The van der Waals surface area contributed by atoms with E-state index in [2.05, 4.69) is 10.3 Å². The summed E-state index contributed by atoms with van der Waals surface area (Å²) < 4.78 is 10.5. The highest BCUT2D eigenvalue weighted by atomic mass is 16.5. The Morgan fingerprint density at radius 1 is 1.38 bits per heavy atom. The maximum Gasteiger partial charge on any atom is 0.287 e. The maximum absolute atomic E-state index is 12.5. The number of nitrogens with one attached hydrogen (secondary N) is 1. The molecular formula is C18H22N2O4. The number of pyridine rings is 1. The van der Waals surface area contributed by atoms with Crippen LogP contribution in [0.1, 0.15) is 34.7 Å². The molecule has 0 spiro atoms. The van der Waals surface area contributed by atoms with Gasteiger partial charge in [0.2, 0.25) is 0 Å². The van der Waals surface area contributed by atoms with Crippen LogP contribution in [-0.2, 0) is 17.8 Å². The zero-order valence-corrected chi connectivity index (χ0v) is 13.6. The summed E-state index contributed by atoms with van der Waals surface area (Å²) in [4.78, 5) is 16.5. The Morgan fingerprint density at radius 3 is 2.79 bits per heavy atom. The molecule has 128 valence electrons. The van der Waals surface area contributed by atoms with E-state index in [1.54, 1.807) is 31.6 Å². The fourth-order valence-electron chi connectivity index (χ4n) is 3.03. The van der Waals surface area contributed by atoms with Crippen LogP contribution in [-0.4, -0.2) is 35.3 Å². The summed E-state index contributed by atoms with van der Waals surface area (Å²) in [5.41, 5.74) is 1.11. The number of aromatic nitrogens is 1. The highest BCUT2D eigenvalue weighted by Gasteiger charge is 2.35. The van der Waals surface area contributed by atoms with Crippen LogP contribution in [0.25, 0.3) is 0 Å². The van der Waals surface area contributed by atoms with E-state index in [0.29, 0.717) is 31.6 Å². The van der Waals surface area contributed by atoms with Crippen molar-refractivity contribution < 1.29 is 19.1 Å². The Kier molecular flexibility index (Phi) is 5.27. The number of amides is 1. The third-order valence-corrected chi connectivity index (χ3v) is 4.41. The Morgan fingerprint density at radius 2 is 2.12 bits per heavy atom. The Balaban J connectivity index is 1.67. The molecule has 1 saturated carbocycles. The molecule has 2 aromatic rings. The van der Waals surface area contributed by atoms with Gasteiger partial charge >= 0.3 is 0 Å². The van der Waals surface area contributed by atoms with Gasteiger partial charge in [-0.3, -0.25) is 9.78 Å². The molecule has 0 aliphatic heterocycles. The number of aliphatic hydroxyl groups excluding tert-OH is 1. The van der Waals surface area contributed by atoms with Crippen LogP contribution in [0, 0.1) is 5.92 Å². The molecule has 1 fully saturated rings. The quantitative estimate of drug-likeness (QED) is 0.810. The summed E-state index contributed by atoms with van der Waals surface area (Å²) in [6.07, 6.45) is 5.35. The molecule has 6 heteroatoms. The predicted octanol–water partition coefficient (Wildman–Crippen LogP) is 1.93. The molecular weight excluding hydrogens is 308 g/mol. The second kappa shape index (κ2) is 7.59. The summed E-state index contributed by atoms with van der Waals surface area (Å²) in [7, 11) is 1.58. The van der Waals surface area contributed by atoms with Crippen LogP contribution in [0.15, 0.2) is 41.1 Å². The summed E-state index contributed by atoms with van der Waals surface area (Å²) >= 11 is 0. The van der Waals surface area contributed by atoms with Crippen LogP contribution in [0.4, 0.5) is 0 Å². The zero-order valence-electron chi connectivity index (χ0n) is 13.6. The largest absolute Gasteiger partial charge is 0.453 e. The number of aliphatic hydroxyl groups is 1. The summed E-state index contributed by atoms with van der Waals surface area (Å²) in [5.74, 6) is 0.928. The first-order chi connectivity index (χ1) is 11.7. The van der Waals surface area contributed by atoms with E-state index in [9.17, 15) is 9.90 Å². The van der Waals surface area contributed by atoms with Crippen LogP contribution in [0.2, 0.25) is 0 Å².